The molecule has 7 nitrogen and oxygen atoms in total. The van der Waals surface area contributed by atoms with Gasteiger partial charge in [-0.1, -0.05) is 38.1 Å². The molecule has 1 N–H and O–H groups in total. The van der Waals surface area contributed by atoms with Gasteiger partial charge in [0.15, 0.2) is 0 Å². The first kappa shape index (κ1) is 26.3. The van der Waals surface area contributed by atoms with Gasteiger partial charge in [-0.3, -0.25) is 13.9 Å². The highest BCUT2D eigenvalue weighted by molar-refractivity contribution is 7.92. The maximum Gasteiger partial charge on any atom is 0.244 e. The normalized spacial score (nSPS) is 12.3. The van der Waals surface area contributed by atoms with E-state index in [0.717, 1.165) is 16.1 Å². The van der Waals surface area contributed by atoms with Crippen LogP contribution in [0.5, 0.6) is 0 Å². The number of anilines is 1. The van der Waals surface area contributed by atoms with Crippen molar-refractivity contribution >= 4 is 27.5 Å². The number of halogens is 1. The molecular weight excluding hydrogens is 445 g/mol. The van der Waals surface area contributed by atoms with Crippen LogP contribution in [0.3, 0.4) is 0 Å². The minimum absolute atomic E-state index is 0.0291. The van der Waals surface area contributed by atoms with Gasteiger partial charge in [0.25, 0.3) is 0 Å². The Labute approximate surface area is 195 Å². The van der Waals surface area contributed by atoms with E-state index in [2.05, 4.69) is 5.32 Å². The van der Waals surface area contributed by atoms with Crippen LogP contribution in [0.25, 0.3) is 0 Å². The Kier molecular flexibility index (Phi) is 8.99. The summed E-state index contributed by atoms with van der Waals surface area (Å²) in [5.41, 5.74) is 2.03. The van der Waals surface area contributed by atoms with Crippen LogP contribution in [0, 0.1) is 5.82 Å². The Morgan fingerprint density at radius 2 is 1.58 bits per heavy atom. The van der Waals surface area contributed by atoms with Gasteiger partial charge >= 0.3 is 0 Å². The maximum absolute atomic E-state index is 13.3. The topological polar surface area (TPSA) is 86.8 Å². The molecular formula is C24H32FN3O4S. The van der Waals surface area contributed by atoms with Crippen molar-refractivity contribution in [2.24, 2.45) is 0 Å². The first-order chi connectivity index (χ1) is 15.4. The molecule has 33 heavy (non-hydrogen) atoms. The zero-order valence-corrected chi connectivity index (χ0v) is 20.5. The third-order valence-electron chi connectivity index (χ3n) is 5.31. The van der Waals surface area contributed by atoms with Crippen molar-refractivity contribution in [1.29, 1.82) is 0 Å². The Morgan fingerprint density at radius 1 is 1.00 bits per heavy atom. The van der Waals surface area contributed by atoms with Gasteiger partial charge in [-0.25, -0.2) is 12.8 Å². The number of rotatable bonds is 10. The second kappa shape index (κ2) is 11.3. The molecule has 0 unspecified atom stereocenters. The van der Waals surface area contributed by atoms with Gasteiger partial charge < -0.3 is 10.2 Å². The van der Waals surface area contributed by atoms with Gasteiger partial charge in [-0.05, 0) is 55.2 Å². The molecule has 0 aliphatic heterocycles. The van der Waals surface area contributed by atoms with E-state index in [0.29, 0.717) is 17.8 Å². The molecule has 0 saturated heterocycles. The standard InChI is InChI=1S/C24H32FN3O4S/c1-6-26-24(30)18(4)27(15-19-7-11-21(25)12-8-19)23(29)16-28(33(5,31)32)22-13-9-20(10-14-22)17(2)3/h7-14,17-18H,6,15-16H2,1-5H3,(H,26,30)/t18-/m0/s1. The van der Waals surface area contributed by atoms with E-state index in [1.165, 1.54) is 29.2 Å². The van der Waals surface area contributed by atoms with Crippen LogP contribution in [-0.4, -0.2) is 50.5 Å². The van der Waals surface area contributed by atoms with Crippen LogP contribution in [-0.2, 0) is 26.2 Å². The van der Waals surface area contributed by atoms with Gasteiger partial charge in [-0.15, -0.1) is 0 Å². The van der Waals surface area contributed by atoms with Crippen molar-refractivity contribution < 1.29 is 22.4 Å². The van der Waals surface area contributed by atoms with E-state index in [9.17, 15) is 22.4 Å². The molecule has 0 saturated carbocycles. The van der Waals surface area contributed by atoms with Gasteiger partial charge in [0.1, 0.15) is 18.4 Å². The van der Waals surface area contributed by atoms with Crippen molar-refractivity contribution in [3.8, 4) is 0 Å². The summed E-state index contributed by atoms with van der Waals surface area (Å²) in [6, 6.07) is 11.7. The largest absolute Gasteiger partial charge is 0.355 e. The van der Waals surface area contributed by atoms with Crippen LogP contribution < -0.4 is 9.62 Å². The highest BCUT2D eigenvalue weighted by atomic mass is 32.2. The molecule has 0 heterocycles. The molecule has 0 aliphatic carbocycles. The summed E-state index contributed by atoms with van der Waals surface area (Å²) in [5, 5.41) is 2.68. The minimum atomic E-state index is -3.78. The van der Waals surface area contributed by atoms with E-state index in [-0.39, 0.29) is 18.4 Å². The molecule has 0 aliphatic rings. The van der Waals surface area contributed by atoms with Crippen molar-refractivity contribution in [2.75, 3.05) is 23.7 Å². The third-order valence-corrected chi connectivity index (χ3v) is 6.45. The van der Waals surface area contributed by atoms with Crippen LogP contribution >= 0.6 is 0 Å². The number of nitrogens with zero attached hydrogens (tertiary/aromatic N) is 2. The monoisotopic (exact) mass is 477 g/mol. The second-order valence-corrected chi connectivity index (χ2v) is 10.1. The quantitative estimate of drug-likeness (QED) is 0.569. The molecule has 0 bridgehead atoms. The average Bonchev–Trinajstić information content (AvgIpc) is 2.76. The Morgan fingerprint density at radius 3 is 2.06 bits per heavy atom. The zero-order chi connectivity index (χ0) is 24.8. The maximum atomic E-state index is 13.3. The fourth-order valence-electron chi connectivity index (χ4n) is 3.33. The zero-order valence-electron chi connectivity index (χ0n) is 19.7. The predicted molar refractivity (Wildman–Crippen MR) is 128 cm³/mol. The Bertz CT molecular complexity index is 1050. The summed E-state index contributed by atoms with van der Waals surface area (Å²) < 4.78 is 39.4. The van der Waals surface area contributed by atoms with E-state index in [1.807, 2.05) is 26.0 Å². The lowest BCUT2D eigenvalue weighted by molar-refractivity contribution is -0.139. The number of likely N-dealkylation sites (N-methyl/N-ethyl adjacent to an activating group) is 1. The number of sulfonamides is 1. The fraction of sp³-hybridized carbons (Fsp3) is 0.417. The molecule has 1 atom stereocenters. The summed E-state index contributed by atoms with van der Waals surface area (Å²) in [5.74, 6) is -1.05. The molecule has 180 valence electrons. The third kappa shape index (κ3) is 7.28. The lowest BCUT2D eigenvalue weighted by Crippen LogP contribution is -2.51. The minimum Gasteiger partial charge on any atom is -0.355 e. The fourth-order valence-corrected chi connectivity index (χ4v) is 4.18. The summed E-state index contributed by atoms with van der Waals surface area (Å²) in [6.07, 6.45) is 1.04. The van der Waals surface area contributed by atoms with E-state index in [4.69, 9.17) is 0 Å². The molecule has 0 aromatic heterocycles. The molecule has 2 aromatic carbocycles. The van der Waals surface area contributed by atoms with Gasteiger partial charge in [0.05, 0.1) is 11.9 Å². The first-order valence-corrected chi connectivity index (χ1v) is 12.7. The molecule has 9 heteroatoms. The predicted octanol–water partition coefficient (Wildman–Crippen LogP) is 3.27. The number of benzene rings is 2. The molecule has 0 radical (unpaired) electrons. The van der Waals surface area contributed by atoms with Crippen molar-refractivity contribution in [2.45, 2.75) is 46.2 Å². The van der Waals surface area contributed by atoms with Gasteiger partial charge in [0, 0.05) is 13.1 Å². The molecule has 0 spiro atoms. The molecule has 0 fully saturated rings. The van der Waals surface area contributed by atoms with Crippen LogP contribution in [0.4, 0.5) is 10.1 Å². The van der Waals surface area contributed by atoms with Crippen molar-refractivity contribution in [3.63, 3.8) is 0 Å². The summed E-state index contributed by atoms with van der Waals surface area (Å²) in [4.78, 5) is 27.1. The lowest BCUT2D eigenvalue weighted by atomic mass is 10.0. The van der Waals surface area contributed by atoms with Crippen LogP contribution in [0.2, 0.25) is 0 Å². The number of carbonyl (C=O) groups is 2. The van der Waals surface area contributed by atoms with Crippen LogP contribution in [0.15, 0.2) is 48.5 Å². The highest BCUT2D eigenvalue weighted by Crippen LogP contribution is 2.22. The Hall–Kier alpha value is -2.94. The van der Waals surface area contributed by atoms with Gasteiger partial charge in [0.2, 0.25) is 21.8 Å². The van der Waals surface area contributed by atoms with E-state index >= 15 is 0 Å². The first-order valence-electron chi connectivity index (χ1n) is 10.8. The number of nitrogens with one attached hydrogen (secondary N) is 1. The summed E-state index contributed by atoms with van der Waals surface area (Å²) in [6.45, 7) is 7.36. The highest BCUT2D eigenvalue weighted by Gasteiger charge is 2.29. The molecule has 2 rings (SSSR count). The van der Waals surface area contributed by atoms with Crippen LogP contribution in [0.1, 0.15) is 44.7 Å². The second-order valence-electron chi connectivity index (χ2n) is 8.23. The van der Waals surface area contributed by atoms with E-state index < -0.39 is 34.3 Å². The molecule has 2 amide bonds. The summed E-state index contributed by atoms with van der Waals surface area (Å²) in [7, 11) is -3.78. The van der Waals surface area contributed by atoms with Crippen molar-refractivity contribution in [3.05, 3.63) is 65.5 Å². The SMILES string of the molecule is CCNC(=O)[C@H](C)N(Cc1ccc(F)cc1)C(=O)CN(c1ccc(C(C)C)cc1)S(C)(=O)=O. The molecule has 2 aromatic rings. The number of hydrogen-bond donors (Lipinski definition) is 1. The lowest BCUT2D eigenvalue weighted by Gasteiger charge is -2.31. The smallest absolute Gasteiger partial charge is 0.244 e. The summed E-state index contributed by atoms with van der Waals surface area (Å²) >= 11 is 0. The number of carbonyl (C=O) groups excluding carboxylic acids is 2. The van der Waals surface area contributed by atoms with E-state index in [1.54, 1.807) is 26.0 Å². The van der Waals surface area contributed by atoms with Crippen molar-refractivity contribution in [1.82, 2.24) is 10.2 Å². The number of hydrogen-bond acceptors (Lipinski definition) is 4. The Balaban J connectivity index is 2.36. The van der Waals surface area contributed by atoms with Gasteiger partial charge in [-0.2, -0.15) is 0 Å². The number of amides is 2. The average molecular weight is 478 g/mol.